The molecule has 0 aliphatic heterocycles. The average Bonchev–Trinajstić information content (AvgIpc) is 2.94. The number of nitrogens with zero attached hydrogens (tertiary/aromatic N) is 2. The fourth-order valence-electron chi connectivity index (χ4n) is 4.98. The van der Waals surface area contributed by atoms with Crippen LogP contribution in [0.1, 0.15) is 50.7 Å². The number of nitrogens with two attached hydrogens (primary N) is 1. The summed E-state index contributed by atoms with van der Waals surface area (Å²) in [6.45, 7) is 8.71. The summed E-state index contributed by atoms with van der Waals surface area (Å²) in [6, 6.07) is 2.13. The number of alkyl halides is 2. The van der Waals surface area contributed by atoms with Gasteiger partial charge >= 0.3 is 0 Å². The number of halogens is 4. The van der Waals surface area contributed by atoms with E-state index in [2.05, 4.69) is 48.7 Å². The highest BCUT2D eigenvalue weighted by Gasteiger charge is 2.39. The molecule has 0 spiro atoms. The molecule has 0 aromatic heterocycles. The van der Waals surface area contributed by atoms with Crippen molar-refractivity contribution in [1.82, 2.24) is 10.2 Å². The minimum atomic E-state index is -1.02. The number of methoxy groups -OCH3 is 1. The lowest BCUT2D eigenvalue weighted by Crippen LogP contribution is -2.44. The highest BCUT2D eigenvalue weighted by Crippen LogP contribution is 2.44. The minimum Gasteiger partial charge on any atom is -0.380 e. The molecule has 4 atom stereocenters. The lowest BCUT2D eigenvalue weighted by Gasteiger charge is -2.44. The van der Waals surface area contributed by atoms with Crippen molar-refractivity contribution in [3.63, 3.8) is 0 Å². The van der Waals surface area contributed by atoms with Gasteiger partial charge in [-0.2, -0.15) is 0 Å². The molecule has 6 nitrogen and oxygen atoms in total. The molecule has 1 aromatic rings. The molecule has 11 heteroatoms. The maximum atomic E-state index is 15.0. The molecule has 3 rings (SSSR count). The molecule has 228 valence electrons. The molecule has 0 bridgehead atoms. The minimum absolute atomic E-state index is 0.0291. The van der Waals surface area contributed by atoms with Gasteiger partial charge in [0.05, 0.1) is 24.1 Å². The standard InChI is InChI=1S/C31H39ClF3N5OS/c1-19(31(2,3)21-8-13-25(32)28(17-21)41-5)40(23-11-9-22(33)10-12-23)30(38-4)42-18-24-26(34)15-20(16-27(24)35)7-6-14-39-29(36)37/h8-9,11,15-16,22-23,25,28H,1,10,12-14,17-18H2,2-5H3,(H4,36,37,39)/b38-30+/t22?,23?,25?,28-/m1/s1. The number of allylic oxidation sites excluding steroid dienone is 3. The second-order valence-corrected chi connectivity index (χ2v) is 12.2. The van der Waals surface area contributed by atoms with Crippen LogP contribution < -0.4 is 11.1 Å². The van der Waals surface area contributed by atoms with E-state index in [0.29, 0.717) is 30.9 Å². The Balaban J connectivity index is 1.87. The molecular weight excluding hydrogens is 583 g/mol. The Labute approximate surface area is 256 Å². The van der Waals surface area contributed by atoms with E-state index in [1.165, 1.54) is 23.9 Å². The number of nitrogens with one attached hydrogen (secondary N) is 2. The van der Waals surface area contributed by atoms with Crippen LogP contribution in [0.4, 0.5) is 13.2 Å². The summed E-state index contributed by atoms with van der Waals surface area (Å²) >= 11 is 7.66. The predicted molar refractivity (Wildman–Crippen MR) is 167 cm³/mol. The monoisotopic (exact) mass is 621 g/mol. The van der Waals surface area contributed by atoms with Gasteiger partial charge in [0.2, 0.25) is 0 Å². The Morgan fingerprint density at radius 3 is 2.57 bits per heavy atom. The van der Waals surface area contributed by atoms with Crippen molar-refractivity contribution >= 4 is 34.5 Å². The summed E-state index contributed by atoms with van der Waals surface area (Å²) in [5, 5.41) is 10.0. The first-order valence-electron chi connectivity index (χ1n) is 13.7. The summed E-state index contributed by atoms with van der Waals surface area (Å²) in [4.78, 5) is 6.48. The van der Waals surface area contributed by atoms with E-state index in [4.69, 9.17) is 27.5 Å². The number of ether oxygens (including phenoxy) is 1. The molecule has 1 aromatic carbocycles. The van der Waals surface area contributed by atoms with Crippen LogP contribution >= 0.6 is 23.4 Å². The van der Waals surface area contributed by atoms with E-state index in [1.807, 2.05) is 11.0 Å². The van der Waals surface area contributed by atoms with Crippen LogP contribution in [0.15, 0.2) is 53.2 Å². The zero-order valence-electron chi connectivity index (χ0n) is 24.4. The number of rotatable bonds is 8. The number of thioether (sulfide) groups is 1. The quantitative estimate of drug-likeness (QED) is 0.105. The van der Waals surface area contributed by atoms with Crippen LogP contribution in [0, 0.1) is 34.3 Å². The van der Waals surface area contributed by atoms with Crippen molar-refractivity contribution in [3.8, 4) is 11.8 Å². The summed E-state index contributed by atoms with van der Waals surface area (Å²) in [5.41, 5.74) is 6.61. The van der Waals surface area contributed by atoms with Crippen LogP contribution in [0.25, 0.3) is 0 Å². The Morgan fingerprint density at radius 2 is 2.00 bits per heavy atom. The zero-order chi connectivity index (χ0) is 31.0. The lowest BCUT2D eigenvalue weighted by molar-refractivity contribution is 0.0905. The van der Waals surface area contributed by atoms with Gasteiger partial charge in [-0.25, -0.2) is 13.2 Å². The highest BCUT2D eigenvalue weighted by molar-refractivity contribution is 8.13. The Kier molecular flexibility index (Phi) is 12.0. The summed E-state index contributed by atoms with van der Waals surface area (Å²) in [5.74, 6) is 3.62. The average molecular weight is 622 g/mol. The molecule has 2 aliphatic carbocycles. The maximum absolute atomic E-state index is 15.0. The zero-order valence-corrected chi connectivity index (χ0v) is 26.0. The van der Waals surface area contributed by atoms with Gasteiger partial charge in [0, 0.05) is 42.1 Å². The van der Waals surface area contributed by atoms with Crippen molar-refractivity contribution in [2.75, 3.05) is 20.7 Å². The molecule has 0 saturated carbocycles. The number of amidine groups is 1. The van der Waals surface area contributed by atoms with Crippen LogP contribution in [0.2, 0.25) is 0 Å². The third-order valence-corrected chi connectivity index (χ3v) is 9.16. The van der Waals surface area contributed by atoms with Crippen LogP contribution in [0.5, 0.6) is 0 Å². The summed E-state index contributed by atoms with van der Waals surface area (Å²) in [6.07, 6.45) is 6.52. The van der Waals surface area contributed by atoms with Gasteiger partial charge in [0.1, 0.15) is 17.8 Å². The van der Waals surface area contributed by atoms with E-state index >= 15 is 8.78 Å². The number of hydrogen-bond acceptors (Lipinski definition) is 4. The number of benzene rings is 1. The molecule has 0 amide bonds. The number of guanidine groups is 1. The fraction of sp³-hybridized carbons (Fsp3) is 0.484. The third-order valence-electron chi connectivity index (χ3n) is 7.63. The van der Waals surface area contributed by atoms with Gasteiger partial charge < -0.3 is 20.7 Å². The fourth-order valence-corrected chi connectivity index (χ4v) is 6.33. The van der Waals surface area contributed by atoms with Gasteiger partial charge in [0.15, 0.2) is 11.1 Å². The van der Waals surface area contributed by atoms with Crippen molar-refractivity contribution < 1.29 is 17.9 Å². The van der Waals surface area contributed by atoms with Gasteiger partial charge in [-0.05, 0) is 37.8 Å². The second kappa shape index (κ2) is 15.0. The van der Waals surface area contributed by atoms with Crippen molar-refractivity contribution in [1.29, 1.82) is 5.41 Å². The first-order valence-corrected chi connectivity index (χ1v) is 15.1. The van der Waals surface area contributed by atoms with Crippen LogP contribution in [-0.2, 0) is 10.5 Å². The van der Waals surface area contributed by atoms with Gasteiger partial charge in [-0.15, -0.1) is 11.6 Å². The van der Waals surface area contributed by atoms with E-state index in [9.17, 15) is 4.39 Å². The summed E-state index contributed by atoms with van der Waals surface area (Å²) < 4.78 is 49.8. The Hall–Kier alpha value is -2.87. The Bertz CT molecular complexity index is 1300. The van der Waals surface area contributed by atoms with E-state index < -0.39 is 23.2 Å². The highest BCUT2D eigenvalue weighted by atomic mass is 35.5. The second-order valence-electron chi connectivity index (χ2n) is 10.7. The lowest BCUT2D eigenvalue weighted by atomic mass is 9.75. The maximum Gasteiger partial charge on any atom is 0.186 e. The molecule has 0 heterocycles. The number of hydrogen-bond donors (Lipinski definition) is 3. The normalized spacial score (nSPS) is 22.6. The molecule has 0 fully saturated rings. The molecule has 2 aliphatic rings. The largest absolute Gasteiger partial charge is 0.380 e. The van der Waals surface area contributed by atoms with E-state index in [-0.39, 0.29) is 46.9 Å². The molecule has 0 saturated heterocycles. The van der Waals surface area contributed by atoms with Gasteiger partial charge in [-0.3, -0.25) is 10.4 Å². The molecule has 4 N–H and O–H groups in total. The Morgan fingerprint density at radius 1 is 1.31 bits per heavy atom. The van der Waals surface area contributed by atoms with Crippen LogP contribution in [-0.4, -0.2) is 60.4 Å². The molecular formula is C31H39ClF3N5OS. The van der Waals surface area contributed by atoms with Crippen LogP contribution in [0.3, 0.4) is 0 Å². The predicted octanol–water partition coefficient (Wildman–Crippen LogP) is 6.26. The molecule has 3 unspecified atom stereocenters. The van der Waals surface area contributed by atoms with Gasteiger partial charge in [-0.1, -0.05) is 67.8 Å². The van der Waals surface area contributed by atoms with Crippen molar-refractivity contribution in [2.45, 2.75) is 69.0 Å². The van der Waals surface area contributed by atoms with Crippen molar-refractivity contribution in [2.24, 2.45) is 16.1 Å². The van der Waals surface area contributed by atoms with Gasteiger partial charge in [0.25, 0.3) is 0 Å². The first-order chi connectivity index (χ1) is 19.9. The third kappa shape index (κ3) is 8.36. The van der Waals surface area contributed by atoms with E-state index in [0.717, 1.165) is 11.3 Å². The van der Waals surface area contributed by atoms with Crippen molar-refractivity contribution in [3.05, 3.63) is 71.0 Å². The topological polar surface area (TPSA) is 86.7 Å². The molecule has 0 radical (unpaired) electrons. The summed E-state index contributed by atoms with van der Waals surface area (Å²) in [7, 11) is 3.28. The first kappa shape index (κ1) is 33.6. The van der Waals surface area contributed by atoms with E-state index in [1.54, 1.807) is 20.2 Å². The molecule has 42 heavy (non-hydrogen) atoms. The number of aliphatic imine (C=N–C) groups is 1. The SMILES string of the molecule is C=C(N(/C(=N\C)SCc1c(F)cc(C#CCNC(=N)N)cc1F)C1C=CC(F)CC1)C(C)(C)C1=CCC(Cl)[C@H](OC)C1. The smallest absolute Gasteiger partial charge is 0.186 e.